The average Bonchev–Trinajstić information content (AvgIpc) is 3.33. The molecule has 1 atom stereocenters. The molecular formula is C34H35ClF3N5O3. The van der Waals surface area contributed by atoms with Crippen molar-refractivity contribution in [3.8, 4) is 5.88 Å². The highest BCUT2D eigenvalue weighted by molar-refractivity contribution is 6.30. The second-order valence-electron chi connectivity index (χ2n) is 12.5. The Morgan fingerprint density at radius 1 is 1.07 bits per heavy atom. The number of carbonyl (C=O) groups excluding carboxylic acids is 1. The molecule has 2 saturated heterocycles. The predicted octanol–water partition coefficient (Wildman–Crippen LogP) is 6.96. The van der Waals surface area contributed by atoms with Crippen LogP contribution >= 0.6 is 11.6 Å². The maximum Gasteiger partial charge on any atom is 0.249 e. The number of ether oxygens (including phenoxy) is 2. The van der Waals surface area contributed by atoms with E-state index < -0.39 is 30.5 Å². The van der Waals surface area contributed by atoms with E-state index in [4.69, 9.17) is 31.0 Å². The molecule has 0 spiro atoms. The molecule has 4 aromatic rings. The zero-order chi connectivity index (χ0) is 31.8. The Labute approximate surface area is 269 Å². The van der Waals surface area contributed by atoms with Gasteiger partial charge in [0.2, 0.25) is 17.7 Å². The summed E-state index contributed by atoms with van der Waals surface area (Å²) in [5, 5.41) is 3.14. The third-order valence-electron chi connectivity index (χ3n) is 9.24. The van der Waals surface area contributed by atoms with Crippen LogP contribution in [0.15, 0.2) is 54.6 Å². The number of likely N-dealkylation sites (tertiary alicyclic amines) is 1. The number of hydrogen-bond acceptors (Lipinski definition) is 6. The lowest BCUT2D eigenvalue weighted by Crippen LogP contribution is -2.42. The van der Waals surface area contributed by atoms with E-state index >= 15 is 0 Å². The van der Waals surface area contributed by atoms with Gasteiger partial charge in [-0.25, -0.2) is 23.1 Å². The first-order valence-electron chi connectivity index (χ1n) is 15.7. The van der Waals surface area contributed by atoms with Crippen LogP contribution in [0.4, 0.5) is 18.9 Å². The quantitative estimate of drug-likeness (QED) is 0.199. The van der Waals surface area contributed by atoms with E-state index in [2.05, 4.69) is 14.8 Å². The highest BCUT2D eigenvalue weighted by atomic mass is 35.5. The second kappa shape index (κ2) is 12.8. The van der Waals surface area contributed by atoms with Crippen LogP contribution in [0.25, 0.3) is 11.0 Å². The summed E-state index contributed by atoms with van der Waals surface area (Å²) < 4.78 is 54.5. The number of alkyl halides is 2. The lowest BCUT2D eigenvalue weighted by molar-refractivity contribution is -0.145. The molecule has 1 amide bonds. The summed E-state index contributed by atoms with van der Waals surface area (Å²) in [7, 11) is 0. The molecule has 3 aliphatic rings. The van der Waals surface area contributed by atoms with Crippen molar-refractivity contribution in [3.63, 3.8) is 0 Å². The van der Waals surface area contributed by atoms with Gasteiger partial charge in [-0.1, -0.05) is 23.7 Å². The van der Waals surface area contributed by atoms with Crippen molar-refractivity contribution in [1.29, 1.82) is 0 Å². The van der Waals surface area contributed by atoms with Crippen molar-refractivity contribution in [2.75, 3.05) is 25.0 Å². The highest BCUT2D eigenvalue weighted by Crippen LogP contribution is 2.43. The maximum atomic E-state index is 14.2. The van der Waals surface area contributed by atoms with Crippen LogP contribution in [0.5, 0.6) is 5.88 Å². The lowest BCUT2D eigenvalue weighted by atomic mass is 9.81. The molecule has 46 heavy (non-hydrogen) atoms. The molecule has 7 rings (SSSR count). The van der Waals surface area contributed by atoms with Gasteiger partial charge in [0.25, 0.3) is 0 Å². The summed E-state index contributed by atoms with van der Waals surface area (Å²) in [6.45, 7) is 3.92. The number of amides is 1. The van der Waals surface area contributed by atoms with Crippen LogP contribution in [0.1, 0.15) is 55.1 Å². The number of nitrogens with one attached hydrogen (secondary N) is 1. The number of hydrogen-bond donors (Lipinski definition) is 1. The molecule has 2 aromatic carbocycles. The first-order valence-corrected chi connectivity index (χ1v) is 16.1. The van der Waals surface area contributed by atoms with Crippen LogP contribution in [-0.4, -0.2) is 57.1 Å². The fourth-order valence-electron chi connectivity index (χ4n) is 6.42. The first kappa shape index (κ1) is 31.0. The molecule has 1 N–H and O–H groups in total. The minimum atomic E-state index is -2.74. The maximum absolute atomic E-state index is 14.2. The zero-order valence-corrected chi connectivity index (χ0v) is 26.0. The van der Waals surface area contributed by atoms with Crippen LogP contribution < -0.4 is 10.1 Å². The number of fused-ring (bicyclic) bond motifs is 1. The van der Waals surface area contributed by atoms with Gasteiger partial charge in [0.05, 0.1) is 30.2 Å². The minimum Gasteiger partial charge on any atom is -0.473 e. The van der Waals surface area contributed by atoms with Gasteiger partial charge >= 0.3 is 0 Å². The molecule has 2 aliphatic heterocycles. The van der Waals surface area contributed by atoms with Crippen molar-refractivity contribution in [2.45, 2.75) is 69.7 Å². The predicted molar refractivity (Wildman–Crippen MR) is 168 cm³/mol. The zero-order valence-electron chi connectivity index (χ0n) is 25.2. The number of nitrogens with zero attached hydrogens (tertiary/aromatic N) is 4. The van der Waals surface area contributed by atoms with Crippen LogP contribution in [0.3, 0.4) is 0 Å². The van der Waals surface area contributed by atoms with Gasteiger partial charge in [0, 0.05) is 59.3 Å². The van der Waals surface area contributed by atoms with E-state index in [0.29, 0.717) is 35.2 Å². The summed E-state index contributed by atoms with van der Waals surface area (Å²) in [5.41, 5.74) is 3.64. The summed E-state index contributed by atoms with van der Waals surface area (Å²) in [6.07, 6.45) is 2.17. The molecule has 8 nitrogen and oxygen atoms in total. The fraction of sp³-hybridized carbons (Fsp3) is 0.441. The third kappa shape index (κ3) is 6.86. The van der Waals surface area contributed by atoms with Crippen molar-refractivity contribution in [2.24, 2.45) is 5.92 Å². The lowest BCUT2D eigenvalue weighted by Gasteiger charge is -2.33. The van der Waals surface area contributed by atoms with Gasteiger partial charge in [-0.15, -0.1) is 0 Å². The smallest absolute Gasteiger partial charge is 0.249 e. The molecule has 3 fully saturated rings. The van der Waals surface area contributed by atoms with E-state index in [1.807, 2.05) is 30.3 Å². The Balaban J connectivity index is 0.993. The average molecular weight is 654 g/mol. The highest BCUT2D eigenvalue weighted by Gasteiger charge is 2.48. The Morgan fingerprint density at radius 2 is 1.87 bits per heavy atom. The number of benzene rings is 2. The monoisotopic (exact) mass is 653 g/mol. The Morgan fingerprint density at radius 3 is 2.59 bits per heavy atom. The number of rotatable bonds is 10. The van der Waals surface area contributed by atoms with Gasteiger partial charge in [0.1, 0.15) is 18.2 Å². The number of halogens is 4. The standard InChI is InChI=1S/C34H35ClF3N5O3/c35-24-5-4-22(27(36)14-24)20-46-32-3-1-2-28(41-32)21-8-11-42(12-9-21)19-31-40-29-15-25(39-33(44)23-16-34(37,38)17-23)6-7-30(29)43(31)18-26-10-13-45-26/h1-7,14-15,21,23,26H,8-13,16-20H2,(H,39,44). The number of imidazole rings is 1. The first-order chi connectivity index (χ1) is 22.2. The Hall–Kier alpha value is -3.67. The van der Waals surface area contributed by atoms with E-state index in [1.54, 1.807) is 18.2 Å². The summed E-state index contributed by atoms with van der Waals surface area (Å²) in [6, 6.07) is 15.8. The van der Waals surface area contributed by atoms with E-state index in [0.717, 1.165) is 61.5 Å². The number of carbonyl (C=O) groups is 1. The molecule has 4 heterocycles. The van der Waals surface area contributed by atoms with Gasteiger partial charge in [-0.3, -0.25) is 9.69 Å². The largest absolute Gasteiger partial charge is 0.473 e. The van der Waals surface area contributed by atoms with Gasteiger partial charge in [-0.05, 0) is 68.8 Å². The van der Waals surface area contributed by atoms with E-state index in [9.17, 15) is 18.0 Å². The molecule has 0 bridgehead atoms. The molecule has 1 unspecified atom stereocenters. The minimum absolute atomic E-state index is 0.0676. The number of anilines is 1. The molecule has 1 saturated carbocycles. The molecule has 12 heteroatoms. The van der Waals surface area contributed by atoms with Crippen LogP contribution in [0, 0.1) is 11.7 Å². The van der Waals surface area contributed by atoms with E-state index in [-0.39, 0.29) is 24.5 Å². The van der Waals surface area contributed by atoms with Crippen molar-refractivity contribution in [1.82, 2.24) is 19.4 Å². The molecule has 242 valence electrons. The molecule has 0 radical (unpaired) electrons. The van der Waals surface area contributed by atoms with Crippen LogP contribution in [-0.2, 0) is 29.2 Å². The number of pyridine rings is 1. The SMILES string of the molecule is O=C(Nc1ccc2c(c1)nc(CN1CCC(c3cccc(OCc4ccc(Cl)cc4F)n3)CC1)n2CC1CCO1)C1CC(F)(F)C1. The molecule has 2 aromatic heterocycles. The number of piperidine rings is 1. The van der Waals surface area contributed by atoms with E-state index in [1.165, 1.54) is 6.07 Å². The van der Waals surface area contributed by atoms with Crippen molar-refractivity contribution in [3.05, 3.63) is 82.5 Å². The second-order valence-corrected chi connectivity index (χ2v) is 13.0. The van der Waals surface area contributed by atoms with Gasteiger partial charge in [0.15, 0.2) is 0 Å². The van der Waals surface area contributed by atoms with Crippen molar-refractivity contribution < 1.29 is 27.4 Å². The Kier molecular flexibility index (Phi) is 8.65. The Bertz CT molecular complexity index is 1730. The molecular weight excluding hydrogens is 619 g/mol. The molecule has 1 aliphatic carbocycles. The summed E-state index contributed by atoms with van der Waals surface area (Å²) in [4.78, 5) is 24.6. The normalized spacial score (nSPS) is 20.3. The fourth-order valence-corrected chi connectivity index (χ4v) is 6.58. The summed E-state index contributed by atoms with van der Waals surface area (Å²) >= 11 is 5.86. The van der Waals surface area contributed by atoms with Crippen LogP contribution in [0.2, 0.25) is 5.02 Å². The topological polar surface area (TPSA) is 81.5 Å². The van der Waals surface area contributed by atoms with Gasteiger partial charge < -0.3 is 19.4 Å². The van der Waals surface area contributed by atoms with Crippen molar-refractivity contribution >= 4 is 34.2 Å². The third-order valence-corrected chi connectivity index (χ3v) is 9.48. The van der Waals surface area contributed by atoms with Gasteiger partial charge in [-0.2, -0.15) is 0 Å². The summed E-state index contributed by atoms with van der Waals surface area (Å²) in [5.74, 6) is -2.53. The number of aromatic nitrogens is 3.